The van der Waals surface area contributed by atoms with Gasteiger partial charge in [-0.15, -0.1) is 12.4 Å². The number of nitrogens with two attached hydrogens (primary N) is 1. The van der Waals surface area contributed by atoms with E-state index in [-0.39, 0.29) is 24.1 Å². The standard InChI is InChI=1S/C14H19FN2O.ClH/c1-10(16)14(18)17-7-6-12(9-17)8-11-2-4-13(15)5-3-11;/h2-5,10,12H,6-9,16H2,1H3;1H/t10-,12?;/m1./s1. The van der Waals surface area contributed by atoms with Crippen LogP contribution in [0.3, 0.4) is 0 Å². The number of hydrogen-bond acceptors (Lipinski definition) is 2. The molecular formula is C14H20ClFN2O. The van der Waals surface area contributed by atoms with Gasteiger partial charge in [0, 0.05) is 13.1 Å². The Kier molecular flexibility index (Phi) is 5.76. The highest BCUT2D eigenvalue weighted by molar-refractivity contribution is 5.85. The second-order valence-electron chi connectivity index (χ2n) is 5.06. The molecule has 1 aliphatic heterocycles. The molecule has 1 amide bonds. The summed E-state index contributed by atoms with van der Waals surface area (Å²) in [4.78, 5) is 13.6. The van der Waals surface area contributed by atoms with E-state index in [2.05, 4.69) is 0 Å². The molecule has 1 heterocycles. The zero-order valence-corrected chi connectivity index (χ0v) is 11.8. The summed E-state index contributed by atoms with van der Waals surface area (Å²) >= 11 is 0. The summed E-state index contributed by atoms with van der Waals surface area (Å²) in [7, 11) is 0. The van der Waals surface area contributed by atoms with Gasteiger partial charge in [0.2, 0.25) is 5.91 Å². The lowest BCUT2D eigenvalue weighted by atomic mass is 9.99. The van der Waals surface area contributed by atoms with E-state index in [0.717, 1.165) is 31.5 Å². The molecule has 0 spiro atoms. The van der Waals surface area contributed by atoms with Crippen molar-refractivity contribution >= 4 is 18.3 Å². The Hall–Kier alpha value is -1.13. The van der Waals surface area contributed by atoms with E-state index in [1.54, 1.807) is 6.92 Å². The van der Waals surface area contributed by atoms with Crippen molar-refractivity contribution in [2.45, 2.75) is 25.8 Å². The fourth-order valence-corrected chi connectivity index (χ4v) is 2.44. The third kappa shape index (κ3) is 4.18. The summed E-state index contributed by atoms with van der Waals surface area (Å²) < 4.78 is 12.8. The lowest BCUT2D eigenvalue weighted by Gasteiger charge is -2.18. The number of amides is 1. The number of carbonyl (C=O) groups excluding carboxylic acids is 1. The molecule has 19 heavy (non-hydrogen) atoms. The first kappa shape index (κ1) is 15.9. The molecule has 0 saturated carbocycles. The molecule has 1 unspecified atom stereocenters. The van der Waals surface area contributed by atoms with E-state index >= 15 is 0 Å². The van der Waals surface area contributed by atoms with Gasteiger partial charge >= 0.3 is 0 Å². The maximum atomic E-state index is 12.8. The molecule has 1 aromatic rings. The van der Waals surface area contributed by atoms with Gasteiger partial charge in [0.05, 0.1) is 6.04 Å². The van der Waals surface area contributed by atoms with E-state index in [0.29, 0.717) is 5.92 Å². The molecule has 1 fully saturated rings. The molecule has 0 bridgehead atoms. The van der Waals surface area contributed by atoms with Crippen molar-refractivity contribution < 1.29 is 9.18 Å². The molecule has 0 aliphatic carbocycles. The smallest absolute Gasteiger partial charge is 0.239 e. The molecule has 2 atom stereocenters. The van der Waals surface area contributed by atoms with E-state index in [9.17, 15) is 9.18 Å². The molecule has 2 N–H and O–H groups in total. The summed E-state index contributed by atoms with van der Waals surface area (Å²) in [6.45, 7) is 3.26. The van der Waals surface area contributed by atoms with Crippen LogP contribution in [0.5, 0.6) is 0 Å². The van der Waals surface area contributed by atoms with Gasteiger partial charge in [-0.05, 0) is 43.4 Å². The van der Waals surface area contributed by atoms with Gasteiger partial charge in [-0.25, -0.2) is 4.39 Å². The minimum absolute atomic E-state index is 0. The number of likely N-dealkylation sites (tertiary alicyclic amines) is 1. The number of halogens is 2. The molecular weight excluding hydrogens is 267 g/mol. The third-order valence-electron chi connectivity index (χ3n) is 3.42. The van der Waals surface area contributed by atoms with Gasteiger partial charge in [-0.2, -0.15) is 0 Å². The molecule has 0 radical (unpaired) electrons. The molecule has 0 aromatic heterocycles. The van der Waals surface area contributed by atoms with Crippen molar-refractivity contribution in [3.05, 3.63) is 35.6 Å². The normalized spacial score (nSPS) is 19.9. The Labute approximate surface area is 119 Å². The van der Waals surface area contributed by atoms with E-state index in [1.807, 2.05) is 17.0 Å². The van der Waals surface area contributed by atoms with Gasteiger partial charge in [-0.3, -0.25) is 4.79 Å². The number of nitrogens with zero attached hydrogens (tertiary/aromatic N) is 1. The molecule has 5 heteroatoms. The van der Waals surface area contributed by atoms with Crippen LogP contribution in [-0.4, -0.2) is 29.9 Å². The quantitative estimate of drug-likeness (QED) is 0.924. The Bertz CT molecular complexity index is 422. The number of hydrogen-bond donors (Lipinski definition) is 1. The van der Waals surface area contributed by atoms with Crippen molar-refractivity contribution in [2.24, 2.45) is 11.7 Å². The fourth-order valence-electron chi connectivity index (χ4n) is 2.44. The second kappa shape index (κ2) is 6.87. The Morgan fingerprint density at radius 1 is 1.47 bits per heavy atom. The summed E-state index contributed by atoms with van der Waals surface area (Å²) in [6, 6.07) is 6.16. The van der Waals surface area contributed by atoms with Crippen molar-refractivity contribution in [1.29, 1.82) is 0 Å². The van der Waals surface area contributed by atoms with Crippen LogP contribution in [-0.2, 0) is 11.2 Å². The molecule has 1 saturated heterocycles. The SMILES string of the molecule is C[C@@H](N)C(=O)N1CCC(Cc2ccc(F)cc2)C1.Cl. The molecule has 1 aliphatic rings. The Morgan fingerprint density at radius 2 is 2.11 bits per heavy atom. The van der Waals surface area contributed by atoms with Crippen molar-refractivity contribution in [3.8, 4) is 0 Å². The molecule has 2 rings (SSSR count). The second-order valence-corrected chi connectivity index (χ2v) is 5.06. The van der Waals surface area contributed by atoms with Crippen LogP contribution in [0.2, 0.25) is 0 Å². The lowest BCUT2D eigenvalue weighted by Crippen LogP contribution is -2.40. The molecule has 1 aromatic carbocycles. The Morgan fingerprint density at radius 3 is 2.68 bits per heavy atom. The van der Waals surface area contributed by atoms with Crippen molar-refractivity contribution in [1.82, 2.24) is 4.90 Å². The predicted octanol–water partition coefficient (Wildman–Crippen LogP) is 1.99. The third-order valence-corrected chi connectivity index (χ3v) is 3.42. The predicted molar refractivity (Wildman–Crippen MR) is 75.7 cm³/mol. The topological polar surface area (TPSA) is 46.3 Å². The van der Waals surface area contributed by atoms with Crippen LogP contribution < -0.4 is 5.73 Å². The average Bonchev–Trinajstić information content (AvgIpc) is 2.79. The van der Waals surface area contributed by atoms with E-state index in [4.69, 9.17) is 5.73 Å². The van der Waals surface area contributed by atoms with Gasteiger partial charge in [0.25, 0.3) is 0 Å². The van der Waals surface area contributed by atoms with Crippen LogP contribution in [0.15, 0.2) is 24.3 Å². The van der Waals surface area contributed by atoms with Crippen molar-refractivity contribution in [2.75, 3.05) is 13.1 Å². The van der Waals surface area contributed by atoms with Crippen LogP contribution in [0.1, 0.15) is 18.9 Å². The van der Waals surface area contributed by atoms with Crippen LogP contribution in [0.25, 0.3) is 0 Å². The Balaban J connectivity index is 0.00000180. The highest BCUT2D eigenvalue weighted by Crippen LogP contribution is 2.21. The van der Waals surface area contributed by atoms with Gasteiger partial charge in [0.1, 0.15) is 5.82 Å². The number of carbonyl (C=O) groups is 1. The molecule has 106 valence electrons. The van der Waals surface area contributed by atoms with Crippen LogP contribution in [0, 0.1) is 11.7 Å². The number of rotatable bonds is 3. The largest absolute Gasteiger partial charge is 0.341 e. The van der Waals surface area contributed by atoms with Crippen LogP contribution >= 0.6 is 12.4 Å². The summed E-state index contributed by atoms with van der Waals surface area (Å²) in [5.41, 5.74) is 6.72. The maximum absolute atomic E-state index is 12.8. The highest BCUT2D eigenvalue weighted by atomic mass is 35.5. The fraction of sp³-hybridized carbons (Fsp3) is 0.500. The van der Waals surface area contributed by atoms with E-state index < -0.39 is 6.04 Å². The first-order valence-corrected chi connectivity index (χ1v) is 6.35. The highest BCUT2D eigenvalue weighted by Gasteiger charge is 2.27. The maximum Gasteiger partial charge on any atom is 0.239 e. The van der Waals surface area contributed by atoms with E-state index in [1.165, 1.54) is 12.1 Å². The summed E-state index contributed by atoms with van der Waals surface area (Å²) in [5.74, 6) is 0.272. The average molecular weight is 287 g/mol. The zero-order chi connectivity index (χ0) is 13.1. The van der Waals surface area contributed by atoms with Crippen molar-refractivity contribution in [3.63, 3.8) is 0 Å². The number of benzene rings is 1. The minimum atomic E-state index is -0.422. The summed E-state index contributed by atoms with van der Waals surface area (Å²) in [5, 5.41) is 0. The van der Waals surface area contributed by atoms with Gasteiger partial charge < -0.3 is 10.6 Å². The van der Waals surface area contributed by atoms with Gasteiger partial charge in [-0.1, -0.05) is 12.1 Å². The van der Waals surface area contributed by atoms with Gasteiger partial charge in [0.15, 0.2) is 0 Å². The zero-order valence-electron chi connectivity index (χ0n) is 11.0. The minimum Gasteiger partial charge on any atom is -0.341 e. The van der Waals surface area contributed by atoms with Crippen LogP contribution in [0.4, 0.5) is 4.39 Å². The summed E-state index contributed by atoms with van der Waals surface area (Å²) in [6.07, 6.45) is 1.89. The first-order chi connectivity index (χ1) is 8.56. The monoisotopic (exact) mass is 286 g/mol. The molecule has 3 nitrogen and oxygen atoms in total. The lowest BCUT2D eigenvalue weighted by molar-refractivity contribution is -0.131. The first-order valence-electron chi connectivity index (χ1n) is 6.35.